The van der Waals surface area contributed by atoms with E-state index in [1.807, 2.05) is 13.8 Å². The van der Waals surface area contributed by atoms with Crippen molar-refractivity contribution in [2.45, 2.75) is 26.3 Å². The average molecular weight is 251 g/mol. The zero-order valence-corrected chi connectivity index (χ0v) is 10.5. The summed E-state index contributed by atoms with van der Waals surface area (Å²) in [6.45, 7) is 4.99. The zero-order chi connectivity index (χ0) is 13.1. The first kappa shape index (κ1) is 12.6. The lowest BCUT2D eigenvalue weighted by molar-refractivity contribution is -0.139. The molecule has 0 aliphatic carbocycles. The molecule has 6 nitrogen and oxygen atoms in total. The summed E-state index contributed by atoms with van der Waals surface area (Å²) in [7, 11) is 0. The second kappa shape index (κ2) is 5.20. The van der Waals surface area contributed by atoms with Crippen LogP contribution in [0.25, 0.3) is 0 Å². The minimum Gasteiger partial charge on any atom is -0.480 e. The van der Waals surface area contributed by atoms with Gasteiger partial charge in [0.15, 0.2) is 0 Å². The molecule has 1 aliphatic heterocycles. The van der Waals surface area contributed by atoms with E-state index in [2.05, 4.69) is 9.97 Å². The molecule has 0 amide bonds. The Hall–Kier alpha value is -1.85. The summed E-state index contributed by atoms with van der Waals surface area (Å²) in [5, 5.41) is 9.26. The average Bonchev–Trinajstić information content (AvgIpc) is 2.72. The molecule has 0 bridgehead atoms. The van der Waals surface area contributed by atoms with Crippen LogP contribution in [0.4, 0.5) is 5.95 Å². The molecule has 18 heavy (non-hydrogen) atoms. The number of anilines is 1. The van der Waals surface area contributed by atoms with Crippen molar-refractivity contribution in [3.63, 3.8) is 0 Å². The minimum absolute atomic E-state index is 0.0989. The molecule has 1 aliphatic rings. The van der Waals surface area contributed by atoms with E-state index in [0.717, 1.165) is 6.42 Å². The second-order valence-corrected chi connectivity index (χ2v) is 4.37. The summed E-state index contributed by atoms with van der Waals surface area (Å²) in [6.07, 6.45) is 2.43. The van der Waals surface area contributed by atoms with E-state index in [-0.39, 0.29) is 5.92 Å². The Kier molecular flexibility index (Phi) is 3.64. The Balaban J connectivity index is 2.25. The molecule has 98 valence electrons. The first-order chi connectivity index (χ1) is 8.63. The SMILES string of the molecule is CCOc1ccnc(N2CCC(C)C2C(=O)O)n1. The number of carboxylic acid groups (broad SMARTS) is 1. The highest BCUT2D eigenvalue weighted by Gasteiger charge is 2.38. The Morgan fingerprint density at radius 3 is 3.11 bits per heavy atom. The van der Waals surface area contributed by atoms with E-state index in [1.165, 1.54) is 0 Å². The van der Waals surface area contributed by atoms with Gasteiger partial charge in [-0.15, -0.1) is 0 Å². The summed E-state index contributed by atoms with van der Waals surface area (Å²) in [5.74, 6) is 0.177. The van der Waals surface area contributed by atoms with Crippen LogP contribution in [0.3, 0.4) is 0 Å². The number of aliphatic carboxylic acids is 1. The lowest BCUT2D eigenvalue weighted by Gasteiger charge is -2.23. The van der Waals surface area contributed by atoms with Gasteiger partial charge < -0.3 is 14.7 Å². The van der Waals surface area contributed by atoms with Crippen LogP contribution in [0, 0.1) is 5.92 Å². The van der Waals surface area contributed by atoms with Crippen LogP contribution in [0.5, 0.6) is 5.88 Å². The summed E-state index contributed by atoms with van der Waals surface area (Å²) < 4.78 is 5.30. The van der Waals surface area contributed by atoms with Gasteiger partial charge in [0.25, 0.3) is 0 Å². The van der Waals surface area contributed by atoms with Gasteiger partial charge in [0, 0.05) is 18.8 Å². The van der Waals surface area contributed by atoms with E-state index in [1.54, 1.807) is 17.2 Å². The van der Waals surface area contributed by atoms with E-state index < -0.39 is 12.0 Å². The number of aromatic nitrogens is 2. The van der Waals surface area contributed by atoms with Crippen molar-refractivity contribution in [1.29, 1.82) is 0 Å². The van der Waals surface area contributed by atoms with Gasteiger partial charge in [-0.2, -0.15) is 4.98 Å². The van der Waals surface area contributed by atoms with E-state index in [4.69, 9.17) is 4.74 Å². The van der Waals surface area contributed by atoms with Gasteiger partial charge in [-0.25, -0.2) is 9.78 Å². The van der Waals surface area contributed by atoms with Crippen molar-refractivity contribution in [2.75, 3.05) is 18.1 Å². The summed E-state index contributed by atoms with van der Waals surface area (Å²) in [6, 6.07) is 1.12. The molecule has 0 aromatic carbocycles. The van der Waals surface area contributed by atoms with E-state index >= 15 is 0 Å². The molecule has 1 N–H and O–H groups in total. The largest absolute Gasteiger partial charge is 0.480 e. The molecule has 0 saturated carbocycles. The van der Waals surface area contributed by atoms with Crippen molar-refractivity contribution in [3.8, 4) is 5.88 Å². The molecule has 1 aromatic rings. The molecule has 1 aromatic heterocycles. The maximum atomic E-state index is 11.3. The number of hydrogen-bond acceptors (Lipinski definition) is 5. The quantitative estimate of drug-likeness (QED) is 0.865. The number of hydrogen-bond donors (Lipinski definition) is 1. The number of ether oxygens (including phenoxy) is 1. The van der Waals surface area contributed by atoms with Gasteiger partial charge in [-0.05, 0) is 19.3 Å². The molecule has 0 radical (unpaired) electrons. The van der Waals surface area contributed by atoms with E-state index in [9.17, 15) is 9.90 Å². The van der Waals surface area contributed by atoms with Gasteiger partial charge in [-0.1, -0.05) is 6.92 Å². The van der Waals surface area contributed by atoms with Crippen LogP contribution in [0.2, 0.25) is 0 Å². The highest BCUT2D eigenvalue weighted by atomic mass is 16.5. The number of nitrogens with zero attached hydrogens (tertiary/aromatic N) is 3. The third-order valence-corrected chi connectivity index (χ3v) is 3.12. The molecule has 0 spiro atoms. The van der Waals surface area contributed by atoms with Gasteiger partial charge in [0.2, 0.25) is 11.8 Å². The molecule has 2 unspecified atom stereocenters. The normalized spacial score (nSPS) is 23.1. The molecular weight excluding hydrogens is 234 g/mol. The topological polar surface area (TPSA) is 75.5 Å². The molecule has 2 heterocycles. The van der Waals surface area contributed by atoms with Crippen LogP contribution >= 0.6 is 0 Å². The van der Waals surface area contributed by atoms with Crippen LogP contribution in [-0.2, 0) is 4.79 Å². The number of carbonyl (C=O) groups is 1. The highest BCUT2D eigenvalue weighted by Crippen LogP contribution is 2.28. The fourth-order valence-corrected chi connectivity index (χ4v) is 2.25. The maximum absolute atomic E-state index is 11.3. The van der Waals surface area contributed by atoms with Crippen LogP contribution in [0.15, 0.2) is 12.3 Å². The zero-order valence-electron chi connectivity index (χ0n) is 10.5. The standard InChI is InChI=1S/C12H17N3O3/c1-3-18-9-4-6-13-12(14-9)15-7-5-8(2)10(15)11(16)17/h4,6,8,10H,3,5,7H2,1-2H3,(H,16,17). The second-order valence-electron chi connectivity index (χ2n) is 4.37. The fourth-order valence-electron chi connectivity index (χ4n) is 2.25. The lowest BCUT2D eigenvalue weighted by Crippen LogP contribution is -2.40. The molecule has 2 atom stereocenters. The van der Waals surface area contributed by atoms with Gasteiger partial charge in [0.1, 0.15) is 6.04 Å². The van der Waals surface area contributed by atoms with Crippen molar-refractivity contribution in [2.24, 2.45) is 5.92 Å². The maximum Gasteiger partial charge on any atom is 0.326 e. The summed E-state index contributed by atoms with van der Waals surface area (Å²) in [5.41, 5.74) is 0. The molecular formula is C12H17N3O3. The highest BCUT2D eigenvalue weighted by molar-refractivity contribution is 5.78. The summed E-state index contributed by atoms with van der Waals surface area (Å²) >= 11 is 0. The van der Waals surface area contributed by atoms with Crippen molar-refractivity contribution < 1.29 is 14.6 Å². The predicted molar refractivity (Wildman–Crippen MR) is 65.8 cm³/mol. The fraction of sp³-hybridized carbons (Fsp3) is 0.583. The summed E-state index contributed by atoms with van der Waals surface area (Å²) in [4.78, 5) is 21.4. The van der Waals surface area contributed by atoms with Crippen molar-refractivity contribution in [1.82, 2.24) is 9.97 Å². The molecule has 6 heteroatoms. The van der Waals surface area contributed by atoms with Gasteiger partial charge in [0.05, 0.1) is 6.61 Å². The minimum atomic E-state index is -0.828. The Morgan fingerprint density at radius 1 is 1.67 bits per heavy atom. The smallest absolute Gasteiger partial charge is 0.326 e. The first-order valence-corrected chi connectivity index (χ1v) is 6.08. The van der Waals surface area contributed by atoms with Crippen LogP contribution < -0.4 is 9.64 Å². The number of rotatable bonds is 4. The first-order valence-electron chi connectivity index (χ1n) is 6.08. The van der Waals surface area contributed by atoms with Gasteiger partial charge in [-0.3, -0.25) is 0 Å². The monoisotopic (exact) mass is 251 g/mol. The van der Waals surface area contributed by atoms with Gasteiger partial charge >= 0.3 is 5.97 Å². The Morgan fingerprint density at radius 2 is 2.44 bits per heavy atom. The Bertz CT molecular complexity index is 438. The molecule has 1 fully saturated rings. The van der Waals surface area contributed by atoms with Crippen LogP contribution in [0.1, 0.15) is 20.3 Å². The number of carboxylic acids is 1. The van der Waals surface area contributed by atoms with Crippen molar-refractivity contribution >= 4 is 11.9 Å². The Labute approximate surface area is 106 Å². The molecule has 1 saturated heterocycles. The third-order valence-electron chi connectivity index (χ3n) is 3.12. The third kappa shape index (κ3) is 2.37. The lowest BCUT2D eigenvalue weighted by atomic mass is 10.0. The van der Waals surface area contributed by atoms with Crippen molar-refractivity contribution in [3.05, 3.63) is 12.3 Å². The predicted octanol–water partition coefficient (Wildman–Crippen LogP) is 1.17. The van der Waals surface area contributed by atoms with E-state index in [0.29, 0.717) is 25.0 Å². The molecule has 2 rings (SSSR count). The van der Waals surface area contributed by atoms with Crippen LogP contribution in [-0.4, -0.2) is 40.2 Å².